The largest absolute Gasteiger partial charge is 0.457 e. The minimum Gasteiger partial charge on any atom is -0.457 e. The number of carbonyl (C=O) groups is 2. The molecule has 1 amide bonds. The lowest BCUT2D eigenvalue weighted by atomic mass is 9.89. The molecular weight excluding hydrogens is 302 g/mol. The number of nitrogens with zero attached hydrogens (tertiary/aromatic N) is 1. The molecule has 4 heteroatoms. The van der Waals surface area contributed by atoms with Crippen LogP contribution in [0.4, 0.5) is 0 Å². The minimum atomic E-state index is 0.00138. The van der Waals surface area contributed by atoms with Crippen LogP contribution in [0.15, 0.2) is 54.6 Å². The first kappa shape index (κ1) is 16.2. The zero-order valence-electron chi connectivity index (χ0n) is 13.8. The summed E-state index contributed by atoms with van der Waals surface area (Å²) < 4.78 is 5.74. The van der Waals surface area contributed by atoms with Gasteiger partial charge in [-0.1, -0.05) is 18.2 Å². The summed E-state index contributed by atoms with van der Waals surface area (Å²) in [6.45, 7) is 2.91. The number of piperidine rings is 1. The third-order valence-electron chi connectivity index (χ3n) is 4.43. The van der Waals surface area contributed by atoms with Gasteiger partial charge in [-0.2, -0.15) is 0 Å². The third-order valence-corrected chi connectivity index (χ3v) is 4.43. The average molecular weight is 323 g/mol. The second-order valence-electron chi connectivity index (χ2n) is 6.08. The molecule has 0 bridgehead atoms. The molecule has 1 fully saturated rings. The Balaban J connectivity index is 1.61. The van der Waals surface area contributed by atoms with E-state index >= 15 is 0 Å². The Bertz CT molecular complexity index is 701. The predicted molar refractivity (Wildman–Crippen MR) is 92.3 cm³/mol. The van der Waals surface area contributed by atoms with Crippen LogP contribution in [0.1, 0.15) is 30.1 Å². The van der Waals surface area contributed by atoms with E-state index in [4.69, 9.17) is 4.74 Å². The van der Waals surface area contributed by atoms with E-state index in [1.807, 2.05) is 54.6 Å². The van der Waals surface area contributed by atoms with Crippen molar-refractivity contribution < 1.29 is 14.3 Å². The van der Waals surface area contributed by atoms with Gasteiger partial charge in [0.1, 0.15) is 11.5 Å². The van der Waals surface area contributed by atoms with Crippen molar-refractivity contribution in [3.05, 3.63) is 60.2 Å². The van der Waals surface area contributed by atoms with Crippen LogP contribution in [0.25, 0.3) is 0 Å². The molecule has 0 spiro atoms. The Kier molecular flexibility index (Phi) is 4.94. The van der Waals surface area contributed by atoms with Gasteiger partial charge in [0.05, 0.1) is 0 Å². The molecule has 0 N–H and O–H groups in total. The van der Waals surface area contributed by atoms with Gasteiger partial charge in [-0.25, -0.2) is 0 Å². The highest BCUT2D eigenvalue weighted by molar-refractivity contribution is 5.98. The van der Waals surface area contributed by atoms with Crippen LogP contribution in [0, 0.1) is 5.92 Å². The number of benzene rings is 2. The summed E-state index contributed by atoms with van der Waals surface area (Å²) in [7, 11) is 0. The Hall–Kier alpha value is -2.62. The monoisotopic (exact) mass is 323 g/mol. The molecule has 0 saturated carbocycles. The third kappa shape index (κ3) is 3.82. The molecule has 2 aromatic carbocycles. The lowest BCUT2D eigenvalue weighted by Gasteiger charge is -2.30. The number of Topliss-reactive ketones (excluding diaryl/α,β-unsaturated/α-hetero) is 1. The van der Waals surface area contributed by atoms with Gasteiger partial charge in [0, 0.05) is 31.5 Å². The van der Waals surface area contributed by atoms with Crippen molar-refractivity contribution in [3.63, 3.8) is 0 Å². The Morgan fingerprint density at radius 1 is 0.917 bits per heavy atom. The number of rotatable bonds is 4. The first-order chi connectivity index (χ1) is 11.6. The Morgan fingerprint density at radius 3 is 2.08 bits per heavy atom. The fraction of sp³-hybridized carbons (Fsp3) is 0.300. The summed E-state index contributed by atoms with van der Waals surface area (Å²) in [5, 5.41) is 0. The van der Waals surface area contributed by atoms with E-state index in [1.54, 1.807) is 11.8 Å². The van der Waals surface area contributed by atoms with Crippen LogP contribution < -0.4 is 4.74 Å². The second-order valence-corrected chi connectivity index (χ2v) is 6.08. The van der Waals surface area contributed by atoms with Crippen LogP contribution in [0.5, 0.6) is 11.5 Å². The van der Waals surface area contributed by atoms with Gasteiger partial charge in [0.2, 0.25) is 5.91 Å². The fourth-order valence-corrected chi connectivity index (χ4v) is 3.00. The minimum absolute atomic E-state index is 0.00138. The molecule has 124 valence electrons. The average Bonchev–Trinajstić information content (AvgIpc) is 2.63. The normalized spacial score (nSPS) is 15.1. The number of ether oxygens (including phenoxy) is 1. The van der Waals surface area contributed by atoms with Crippen molar-refractivity contribution >= 4 is 11.7 Å². The van der Waals surface area contributed by atoms with E-state index < -0.39 is 0 Å². The molecule has 24 heavy (non-hydrogen) atoms. The van der Waals surface area contributed by atoms with Gasteiger partial charge in [0.25, 0.3) is 0 Å². The van der Waals surface area contributed by atoms with E-state index in [9.17, 15) is 9.59 Å². The van der Waals surface area contributed by atoms with Crippen molar-refractivity contribution in [1.82, 2.24) is 4.90 Å². The molecule has 0 radical (unpaired) electrons. The lowest BCUT2D eigenvalue weighted by Crippen LogP contribution is -2.39. The molecule has 1 saturated heterocycles. The fourth-order valence-electron chi connectivity index (χ4n) is 3.00. The molecule has 0 atom stereocenters. The highest BCUT2D eigenvalue weighted by atomic mass is 16.5. The van der Waals surface area contributed by atoms with Gasteiger partial charge in [-0.3, -0.25) is 9.59 Å². The highest BCUT2D eigenvalue weighted by Gasteiger charge is 2.26. The topological polar surface area (TPSA) is 46.6 Å². The number of hydrogen-bond donors (Lipinski definition) is 0. The number of para-hydroxylation sites is 1. The SMILES string of the molecule is CC(=O)N1CCC(C(=O)c2ccc(Oc3ccccc3)cc2)CC1. The predicted octanol–water partition coefficient (Wildman–Crippen LogP) is 3.92. The number of amides is 1. The second kappa shape index (κ2) is 7.30. The molecule has 0 aromatic heterocycles. The van der Waals surface area contributed by atoms with E-state index in [2.05, 4.69) is 0 Å². The summed E-state index contributed by atoms with van der Waals surface area (Å²) in [5.74, 6) is 1.73. The van der Waals surface area contributed by atoms with Crippen molar-refractivity contribution in [3.8, 4) is 11.5 Å². The molecule has 2 aromatic rings. The highest BCUT2D eigenvalue weighted by Crippen LogP contribution is 2.25. The van der Waals surface area contributed by atoms with Crippen molar-refractivity contribution in [1.29, 1.82) is 0 Å². The standard InChI is InChI=1S/C20H21NO3/c1-15(22)21-13-11-17(12-14-21)20(23)16-7-9-19(10-8-16)24-18-5-3-2-4-6-18/h2-10,17H,11-14H2,1H3. The van der Waals surface area contributed by atoms with Crippen LogP contribution in [0.3, 0.4) is 0 Å². The molecule has 1 heterocycles. The Labute approximate surface area is 142 Å². The maximum Gasteiger partial charge on any atom is 0.219 e. The zero-order valence-corrected chi connectivity index (χ0v) is 13.8. The van der Waals surface area contributed by atoms with E-state index in [0.717, 1.165) is 18.6 Å². The van der Waals surface area contributed by atoms with Gasteiger partial charge in [0.15, 0.2) is 5.78 Å². The molecule has 1 aliphatic rings. The van der Waals surface area contributed by atoms with Gasteiger partial charge in [-0.15, -0.1) is 0 Å². The summed E-state index contributed by atoms with van der Waals surface area (Å²) in [5.41, 5.74) is 0.705. The van der Waals surface area contributed by atoms with Crippen LogP contribution in [-0.4, -0.2) is 29.7 Å². The zero-order chi connectivity index (χ0) is 16.9. The van der Waals surface area contributed by atoms with Crippen molar-refractivity contribution in [2.75, 3.05) is 13.1 Å². The van der Waals surface area contributed by atoms with Crippen LogP contribution >= 0.6 is 0 Å². The Morgan fingerprint density at radius 2 is 1.50 bits per heavy atom. The quantitative estimate of drug-likeness (QED) is 0.801. The first-order valence-corrected chi connectivity index (χ1v) is 8.26. The number of ketones is 1. The van der Waals surface area contributed by atoms with E-state index in [1.165, 1.54) is 0 Å². The molecule has 1 aliphatic heterocycles. The molecule has 3 rings (SSSR count). The van der Waals surface area contributed by atoms with E-state index in [-0.39, 0.29) is 17.6 Å². The van der Waals surface area contributed by atoms with Gasteiger partial charge < -0.3 is 9.64 Å². The first-order valence-electron chi connectivity index (χ1n) is 8.26. The smallest absolute Gasteiger partial charge is 0.219 e. The molecule has 0 aliphatic carbocycles. The lowest BCUT2D eigenvalue weighted by molar-refractivity contribution is -0.130. The van der Waals surface area contributed by atoms with E-state index in [0.29, 0.717) is 24.4 Å². The maximum atomic E-state index is 12.6. The molecular formula is C20H21NO3. The van der Waals surface area contributed by atoms with Crippen LogP contribution in [0.2, 0.25) is 0 Å². The summed E-state index contributed by atoms with van der Waals surface area (Å²) in [6.07, 6.45) is 1.47. The summed E-state index contributed by atoms with van der Waals surface area (Å²) in [6, 6.07) is 16.8. The summed E-state index contributed by atoms with van der Waals surface area (Å²) in [4.78, 5) is 25.8. The van der Waals surface area contributed by atoms with Crippen LogP contribution in [-0.2, 0) is 4.79 Å². The molecule has 0 unspecified atom stereocenters. The van der Waals surface area contributed by atoms with Crippen molar-refractivity contribution in [2.24, 2.45) is 5.92 Å². The van der Waals surface area contributed by atoms with Gasteiger partial charge in [-0.05, 0) is 49.2 Å². The number of carbonyl (C=O) groups excluding carboxylic acids is 2. The number of hydrogen-bond acceptors (Lipinski definition) is 3. The van der Waals surface area contributed by atoms with Crippen molar-refractivity contribution in [2.45, 2.75) is 19.8 Å². The number of likely N-dealkylation sites (tertiary alicyclic amines) is 1. The molecule has 4 nitrogen and oxygen atoms in total. The van der Waals surface area contributed by atoms with Gasteiger partial charge >= 0.3 is 0 Å². The summed E-state index contributed by atoms with van der Waals surface area (Å²) >= 11 is 0. The maximum absolute atomic E-state index is 12.6.